The Bertz CT molecular complexity index is 135. The molecule has 0 heterocycles. The van der Waals surface area contributed by atoms with Crippen LogP contribution in [0.2, 0.25) is 0 Å². The smallest absolute Gasteiger partial charge is 0.146 e. The fourth-order valence-electron chi connectivity index (χ4n) is 1.01. The van der Waals surface area contributed by atoms with E-state index >= 15 is 0 Å². The van der Waals surface area contributed by atoms with E-state index in [9.17, 15) is 4.57 Å². The Morgan fingerprint density at radius 2 is 1.77 bits per heavy atom. The zero-order valence-corrected chi connectivity index (χ0v) is 9.98. The van der Waals surface area contributed by atoms with Crippen LogP contribution in [-0.4, -0.2) is 12.3 Å². The molecule has 2 nitrogen and oxygen atoms in total. The molecule has 3 heteroatoms. The van der Waals surface area contributed by atoms with Gasteiger partial charge in [-0.15, -0.1) is 4.52 Å². The van der Waals surface area contributed by atoms with Crippen LogP contribution >= 0.6 is 8.03 Å². The molecule has 0 rings (SSSR count). The Balaban J connectivity index is 3.12. The third-order valence-electron chi connectivity index (χ3n) is 1.89. The highest BCUT2D eigenvalue weighted by Gasteiger charge is 2.21. The van der Waals surface area contributed by atoms with Gasteiger partial charge in [-0.1, -0.05) is 32.6 Å². The van der Waals surface area contributed by atoms with E-state index in [2.05, 4.69) is 6.92 Å². The van der Waals surface area contributed by atoms with Crippen LogP contribution in [0, 0.1) is 0 Å². The molecule has 0 aromatic heterocycles. The third kappa shape index (κ3) is 8.39. The van der Waals surface area contributed by atoms with Crippen molar-refractivity contribution in [1.29, 1.82) is 0 Å². The summed E-state index contributed by atoms with van der Waals surface area (Å²) in [4.78, 5) is 0. The van der Waals surface area contributed by atoms with Gasteiger partial charge < -0.3 is 0 Å². The van der Waals surface area contributed by atoms with Crippen molar-refractivity contribution in [2.24, 2.45) is 0 Å². The molecule has 0 saturated carbocycles. The molecule has 0 aliphatic heterocycles. The van der Waals surface area contributed by atoms with Crippen LogP contribution in [0.15, 0.2) is 0 Å². The van der Waals surface area contributed by atoms with Crippen LogP contribution in [0.3, 0.4) is 0 Å². The van der Waals surface area contributed by atoms with E-state index in [-0.39, 0.29) is 5.66 Å². The summed E-state index contributed by atoms with van der Waals surface area (Å²) < 4.78 is 16.4. The number of hydrogen-bond donors (Lipinski definition) is 0. The number of unbranched alkanes of at least 4 members (excludes halogenated alkanes) is 4. The van der Waals surface area contributed by atoms with Crippen molar-refractivity contribution in [3.05, 3.63) is 0 Å². The average molecular weight is 205 g/mol. The van der Waals surface area contributed by atoms with Gasteiger partial charge in [0.25, 0.3) is 0 Å². The first-order chi connectivity index (χ1) is 6.18. The predicted octanol–water partition coefficient (Wildman–Crippen LogP) is 4.12. The van der Waals surface area contributed by atoms with Crippen molar-refractivity contribution < 1.29 is 9.09 Å². The second kappa shape index (κ2) is 8.65. The summed E-state index contributed by atoms with van der Waals surface area (Å²) in [7, 11) is -1.41. The van der Waals surface area contributed by atoms with Gasteiger partial charge in [0.05, 0.1) is 0 Å². The van der Waals surface area contributed by atoms with Gasteiger partial charge in [-0.2, -0.15) is 0 Å². The lowest BCUT2D eigenvalue weighted by Crippen LogP contribution is -1.93. The topological polar surface area (TPSA) is 26.3 Å². The second-order valence-corrected chi connectivity index (χ2v) is 5.49. The molecule has 0 N–H and O–H groups in total. The Hall–Kier alpha value is 0.0600. The molecule has 0 aliphatic rings. The minimum absolute atomic E-state index is 0.158. The van der Waals surface area contributed by atoms with Crippen molar-refractivity contribution in [2.75, 3.05) is 6.61 Å². The summed E-state index contributed by atoms with van der Waals surface area (Å²) in [6.07, 6.45) is 6.10. The zero-order valence-electron chi connectivity index (χ0n) is 9.08. The Kier molecular flexibility index (Phi) is 8.69. The van der Waals surface area contributed by atoms with Gasteiger partial charge >= 0.3 is 8.03 Å². The highest BCUT2D eigenvalue weighted by Crippen LogP contribution is 2.28. The predicted molar refractivity (Wildman–Crippen MR) is 57.5 cm³/mol. The fourth-order valence-corrected chi connectivity index (χ4v) is 1.62. The highest BCUT2D eigenvalue weighted by atomic mass is 31.1. The van der Waals surface area contributed by atoms with E-state index in [0.29, 0.717) is 6.61 Å². The van der Waals surface area contributed by atoms with Gasteiger partial charge in [-0.3, -0.25) is 0 Å². The molecule has 1 unspecified atom stereocenters. The fraction of sp³-hybridized carbons (Fsp3) is 1.00. The summed E-state index contributed by atoms with van der Waals surface area (Å²) in [5.41, 5.74) is 0.158. The molecule has 78 valence electrons. The van der Waals surface area contributed by atoms with Crippen LogP contribution in [0.1, 0.15) is 52.9 Å². The van der Waals surface area contributed by atoms with Crippen molar-refractivity contribution >= 4 is 8.03 Å². The minimum atomic E-state index is -1.41. The average Bonchev–Trinajstić information content (AvgIpc) is 2.10. The standard InChI is InChI=1S/C10H22O2P/c1-4-5-6-7-8-9-12-13(11)10(2)3/h10H,4-9H2,1-3H3/q+1. The SMILES string of the molecule is CCCCCCCO[P+](=O)C(C)C. The van der Waals surface area contributed by atoms with Gasteiger partial charge in [0, 0.05) is 0 Å². The summed E-state index contributed by atoms with van der Waals surface area (Å²) in [6, 6.07) is 0. The quantitative estimate of drug-likeness (QED) is 0.440. The van der Waals surface area contributed by atoms with E-state index in [1.165, 1.54) is 25.7 Å². The zero-order chi connectivity index (χ0) is 10.1. The molecule has 1 atom stereocenters. The third-order valence-corrected chi connectivity index (χ3v) is 3.17. The van der Waals surface area contributed by atoms with Crippen molar-refractivity contribution in [3.8, 4) is 0 Å². The molecule has 0 radical (unpaired) electrons. The maximum atomic E-state index is 11.2. The van der Waals surface area contributed by atoms with E-state index in [4.69, 9.17) is 4.52 Å². The van der Waals surface area contributed by atoms with Crippen molar-refractivity contribution in [1.82, 2.24) is 0 Å². The second-order valence-electron chi connectivity index (χ2n) is 3.63. The summed E-state index contributed by atoms with van der Waals surface area (Å²) in [5.74, 6) is 0. The maximum absolute atomic E-state index is 11.2. The first-order valence-corrected chi connectivity index (χ1v) is 6.52. The summed E-state index contributed by atoms with van der Waals surface area (Å²) >= 11 is 0. The van der Waals surface area contributed by atoms with Gasteiger partial charge in [0.15, 0.2) is 5.66 Å². The maximum Gasteiger partial charge on any atom is 0.510 e. The van der Waals surface area contributed by atoms with Crippen LogP contribution in [0.25, 0.3) is 0 Å². The molecular weight excluding hydrogens is 183 g/mol. The monoisotopic (exact) mass is 205 g/mol. The Morgan fingerprint density at radius 3 is 2.31 bits per heavy atom. The molecule has 0 saturated heterocycles. The van der Waals surface area contributed by atoms with Crippen LogP contribution in [-0.2, 0) is 9.09 Å². The Morgan fingerprint density at radius 1 is 1.15 bits per heavy atom. The lowest BCUT2D eigenvalue weighted by atomic mass is 10.2. The largest absolute Gasteiger partial charge is 0.510 e. The van der Waals surface area contributed by atoms with Gasteiger partial charge in [0.2, 0.25) is 0 Å². The van der Waals surface area contributed by atoms with Crippen LogP contribution < -0.4 is 0 Å². The summed E-state index contributed by atoms with van der Waals surface area (Å²) in [5, 5.41) is 0. The van der Waals surface area contributed by atoms with Gasteiger partial charge in [0.1, 0.15) is 6.61 Å². The first-order valence-electron chi connectivity index (χ1n) is 5.27. The van der Waals surface area contributed by atoms with E-state index in [1.54, 1.807) is 0 Å². The molecule has 13 heavy (non-hydrogen) atoms. The molecular formula is C10H22O2P+. The lowest BCUT2D eigenvalue weighted by Gasteiger charge is -1.96. The first kappa shape index (κ1) is 13.1. The minimum Gasteiger partial charge on any atom is -0.146 e. The van der Waals surface area contributed by atoms with E-state index in [0.717, 1.165) is 6.42 Å². The normalized spacial score (nSPS) is 12.2. The van der Waals surface area contributed by atoms with E-state index in [1.807, 2.05) is 13.8 Å². The molecule has 0 aliphatic carbocycles. The van der Waals surface area contributed by atoms with Crippen molar-refractivity contribution in [2.45, 2.75) is 58.5 Å². The van der Waals surface area contributed by atoms with Crippen molar-refractivity contribution in [3.63, 3.8) is 0 Å². The molecule has 0 amide bonds. The molecule has 0 bridgehead atoms. The molecule has 0 fully saturated rings. The lowest BCUT2D eigenvalue weighted by molar-refractivity contribution is 0.312. The summed E-state index contributed by atoms with van der Waals surface area (Å²) in [6.45, 7) is 6.72. The Labute approximate surface area is 82.9 Å². The molecule has 0 spiro atoms. The van der Waals surface area contributed by atoms with Gasteiger partial charge in [-0.25, -0.2) is 0 Å². The van der Waals surface area contributed by atoms with E-state index < -0.39 is 8.03 Å². The number of hydrogen-bond acceptors (Lipinski definition) is 2. The highest BCUT2D eigenvalue weighted by molar-refractivity contribution is 7.39. The number of rotatable bonds is 8. The molecule has 0 aromatic rings. The van der Waals surface area contributed by atoms with Crippen LogP contribution in [0.4, 0.5) is 0 Å². The van der Waals surface area contributed by atoms with Crippen LogP contribution in [0.5, 0.6) is 0 Å². The van der Waals surface area contributed by atoms with Gasteiger partial charge in [-0.05, 0) is 24.8 Å². The molecule has 0 aromatic carbocycles.